The number of fused-ring (bicyclic) bond motifs is 3. The molecule has 3 N–H and O–H groups in total. The predicted molar refractivity (Wildman–Crippen MR) is 125 cm³/mol. The highest BCUT2D eigenvalue weighted by atomic mass is 35.5. The molecule has 0 unspecified atom stereocenters. The van der Waals surface area contributed by atoms with Crippen LogP contribution in [0.5, 0.6) is 0 Å². The number of hydrogen-bond acceptors (Lipinski definition) is 4. The van der Waals surface area contributed by atoms with Crippen LogP contribution in [0, 0.1) is 11.7 Å². The summed E-state index contributed by atoms with van der Waals surface area (Å²) in [5.41, 5.74) is 2.29. The standard InChI is InChI=1S/C24H30ClFN4O2/c1-30(2)11-10-27-24(31)28-14-17-8-9-18-21(15-6-4-3-5-7-15)29-22-19(23(18)32-17)12-16(25)13-20(22)26/h3-7,12-13,17-18,21,23,29H,8-11,14H2,1-2H3,(H2,27,28,31)/t17-,18+,21+,23+/m1/s1. The fourth-order valence-corrected chi connectivity index (χ4v) is 4.80. The molecule has 0 saturated carbocycles. The van der Waals surface area contributed by atoms with Crippen LogP contribution in [0.2, 0.25) is 5.02 Å². The Kier molecular flexibility index (Phi) is 7.18. The maximum atomic E-state index is 14.8. The van der Waals surface area contributed by atoms with E-state index in [1.165, 1.54) is 6.07 Å². The molecule has 4 rings (SSSR count). The van der Waals surface area contributed by atoms with E-state index in [4.69, 9.17) is 16.3 Å². The van der Waals surface area contributed by atoms with Crippen molar-refractivity contribution >= 4 is 23.3 Å². The van der Waals surface area contributed by atoms with E-state index in [1.54, 1.807) is 6.07 Å². The van der Waals surface area contributed by atoms with Crippen molar-refractivity contribution in [3.8, 4) is 0 Å². The number of amides is 2. The Labute approximate surface area is 193 Å². The van der Waals surface area contributed by atoms with Crippen LogP contribution < -0.4 is 16.0 Å². The number of urea groups is 1. The molecule has 0 aromatic heterocycles. The van der Waals surface area contributed by atoms with Crippen molar-refractivity contribution in [2.24, 2.45) is 5.92 Å². The highest BCUT2D eigenvalue weighted by Gasteiger charge is 2.43. The molecule has 1 saturated heterocycles. The molecular formula is C24H30ClFN4O2. The van der Waals surface area contributed by atoms with Gasteiger partial charge in [-0.15, -0.1) is 0 Å². The lowest BCUT2D eigenvalue weighted by molar-refractivity contribution is -0.0907. The molecule has 2 amide bonds. The molecule has 0 bridgehead atoms. The molecule has 0 radical (unpaired) electrons. The Balaban J connectivity index is 1.49. The molecule has 6 nitrogen and oxygen atoms in total. The summed E-state index contributed by atoms with van der Waals surface area (Å²) in [6, 6.07) is 12.9. The lowest BCUT2D eigenvalue weighted by Crippen LogP contribution is -2.46. The molecule has 32 heavy (non-hydrogen) atoms. The van der Waals surface area contributed by atoms with Gasteiger partial charge in [0.25, 0.3) is 0 Å². The van der Waals surface area contributed by atoms with Crippen molar-refractivity contribution < 1.29 is 13.9 Å². The van der Waals surface area contributed by atoms with Crippen LogP contribution in [0.15, 0.2) is 42.5 Å². The lowest BCUT2D eigenvalue weighted by atomic mass is 9.76. The van der Waals surface area contributed by atoms with Crippen LogP contribution in [0.25, 0.3) is 0 Å². The molecule has 172 valence electrons. The smallest absolute Gasteiger partial charge is 0.314 e. The topological polar surface area (TPSA) is 65.6 Å². The largest absolute Gasteiger partial charge is 0.375 e. The van der Waals surface area contributed by atoms with Gasteiger partial charge in [-0.3, -0.25) is 0 Å². The van der Waals surface area contributed by atoms with Gasteiger partial charge in [0.05, 0.1) is 23.9 Å². The van der Waals surface area contributed by atoms with Gasteiger partial charge in [0.15, 0.2) is 0 Å². The summed E-state index contributed by atoms with van der Waals surface area (Å²) in [5.74, 6) is -0.246. The molecule has 2 aromatic rings. The van der Waals surface area contributed by atoms with Gasteiger partial charge in [0.2, 0.25) is 0 Å². The van der Waals surface area contributed by atoms with Crippen molar-refractivity contribution in [1.29, 1.82) is 0 Å². The summed E-state index contributed by atoms with van der Waals surface area (Å²) in [6.45, 7) is 1.75. The minimum absolute atomic E-state index is 0.0624. The molecule has 0 spiro atoms. The maximum absolute atomic E-state index is 14.8. The number of anilines is 1. The molecule has 0 aliphatic carbocycles. The third-order valence-corrected chi connectivity index (χ3v) is 6.38. The Morgan fingerprint density at radius 2 is 2.00 bits per heavy atom. The summed E-state index contributed by atoms with van der Waals surface area (Å²) in [7, 11) is 3.92. The second-order valence-electron chi connectivity index (χ2n) is 8.74. The van der Waals surface area contributed by atoms with Crippen molar-refractivity contribution in [2.45, 2.75) is 31.1 Å². The van der Waals surface area contributed by atoms with Crippen LogP contribution in [-0.2, 0) is 4.74 Å². The fourth-order valence-electron chi connectivity index (χ4n) is 4.59. The first kappa shape index (κ1) is 22.8. The fraction of sp³-hybridized carbons (Fsp3) is 0.458. The maximum Gasteiger partial charge on any atom is 0.314 e. The summed E-state index contributed by atoms with van der Waals surface area (Å²) in [4.78, 5) is 14.1. The van der Waals surface area contributed by atoms with E-state index in [9.17, 15) is 9.18 Å². The number of rotatable bonds is 6. The number of carbonyl (C=O) groups is 1. The van der Waals surface area contributed by atoms with Crippen LogP contribution in [0.3, 0.4) is 0 Å². The van der Waals surface area contributed by atoms with Gasteiger partial charge in [-0.1, -0.05) is 41.9 Å². The van der Waals surface area contributed by atoms with Gasteiger partial charge in [-0.25, -0.2) is 9.18 Å². The van der Waals surface area contributed by atoms with Crippen LogP contribution in [-0.4, -0.2) is 50.8 Å². The van der Waals surface area contributed by atoms with E-state index in [-0.39, 0.29) is 36.0 Å². The van der Waals surface area contributed by atoms with Gasteiger partial charge in [0.1, 0.15) is 5.82 Å². The molecular weight excluding hydrogens is 431 g/mol. The molecule has 1 fully saturated rings. The van der Waals surface area contributed by atoms with E-state index in [0.717, 1.165) is 30.5 Å². The number of benzene rings is 2. The highest BCUT2D eigenvalue weighted by molar-refractivity contribution is 6.30. The van der Waals surface area contributed by atoms with Gasteiger partial charge in [-0.2, -0.15) is 0 Å². The number of nitrogens with one attached hydrogen (secondary N) is 3. The van der Waals surface area contributed by atoms with Gasteiger partial charge >= 0.3 is 6.03 Å². The molecule has 8 heteroatoms. The van der Waals surface area contributed by atoms with Crippen LogP contribution >= 0.6 is 11.6 Å². The first-order valence-electron chi connectivity index (χ1n) is 11.0. The first-order chi connectivity index (χ1) is 15.4. The quantitative estimate of drug-likeness (QED) is 0.600. The normalized spacial score (nSPS) is 24.3. The van der Waals surface area contributed by atoms with Crippen LogP contribution in [0.4, 0.5) is 14.9 Å². The minimum atomic E-state index is -0.379. The molecule has 2 aliphatic rings. The number of halogens is 2. The third kappa shape index (κ3) is 5.17. The van der Waals surface area contributed by atoms with Gasteiger partial charge in [0, 0.05) is 36.1 Å². The van der Waals surface area contributed by atoms with E-state index in [2.05, 4.69) is 28.1 Å². The summed E-state index contributed by atoms with van der Waals surface area (Å²) < 4.78 is 21.3. The lowest BCUT2D eigenvalue weighted by Gasteiger charge is -2.45. The molecule has 2 aromatic carbocycles. The monoisotopic (exact) mass is 460 g/mol. The van der Waals surface area contributed by atoms with Crippen molar-refractivity contribution in [3.05, 3.63) is 64.4 Å². The first-order valence-corrected chi connectivity index (χ1v) is 11.4. The summed E-state index contributed by atoms with van der Waals surface area (Å²) in [6.07, 6.45) is 1.24. The SMILES string of the molecule is CN(C)CCNC(=O)NC[C@H]1CC[C@@H]2[C@H](O1)c1cc(Cl)cc(F)c1N[C@H]2c1ccccc1. The zero-order valence-electron chi connectivity index (χ0n) is 18.4. The van der Waals surface area contributed by atoms with Crippen molar-refractivity contribution in [1.82, 2.24) is 15.5 Å². The number of ether oxygens (including phenoxy) is 1. The predicted octanol–water partition coefficient (Wildman–Crippen LogP) is 4.34. The molecule has 2 aliphatic heterocycles. The van der Waals surface area contributed by atoms with Crippen molar-refractivity contribution in [2.75, 3.05) is 39.0 Å². The Morgan fingerprint density at radius 3 is 2.75 bits per heavy atom. The Bertz CT molecular complexity index is 943. The number of carbonyl (C=O) groups excluding carboxylic acids is 1. The average Bonchev–Trinajstić information content (AvgIpc) is 2.77. The second kappa shape index (κ2) is 10.1. The Hall–Kier alpha value is -2.35. The van der Waals surface area contributed by atoms with Crippen LogP contribution in [0.1, 0.15) is 36.1 Å². The zero-order chi connectivity index (χ0) is 22.7. The highest BCUT2D eigenvalue weighted by Crippen LogP contribution is 2.51. The van der Waals surface area contributed by atoms with Crippen molar-refractivity contribution in [3.63, 3.8) is 0 Å². The Morgan fingerprint density at radius 1 is 1.22 bits per heavy atom. The van der Waals surface area contributed by atoms with Gasteiger partial charge < -0.3 is 25.6 Å². The van der Waals surface area contributed by atoms with E-state index in [1.807, 2.05) is 37.2 Å². The van der Waals surface area contributed by atoms with Gasteiger partial charge in [-0.05, 0) is 44.6 Å². The minimum Gasteiger partial charge on any atom is -0.375 e. The second-order valence-corrected chi connectivity index (χ2v) is 9.18. The third-order valence-electron chi connectivity index (χ3n) is 6.16. The summed E-state index contributed by atoms with van der Waals surface area (Å²) >= 11 is 6.18. The number of nitrogens with zero attached hydrogens (tertiary/aromatic N) is 1. The average molecular weight is 461 g/mol. The van der Waals surface area contributed by atoms with E-state index < -0.39 is 0 Å². The van der Waals surface area contributed by atoms with E-state index in [0.29, 0.717) is 23.8 Å². The molecule has 2 heterocycles. The number of hydrogen-bond donors (Lipinski definition) is 3. The number of likely N-dealkylation sites (N-methyl/N-ethyl adjacent to an activating group) is 1. The molecule has 4 atom stereocenters. The van der Waals surface area contributed by atoms with E-state index >= 15 is 0 Å². The zero-order valence-corrected chi connectivity index (χ0v) is 19.2. The summed E-state index contributed by atoms with van der Waals surface area (Å²) in [5, 5.41) is 9.51.